The van der Waals surface area contributed by atoms with E-state index in [4.69, 9.17) is 23.7 Å². The maximum Gasteiger partial charge on any atom is 0.396 e. The number of esters is 11. The summed E-state index contributed by atoms with van der Waals surface area (Å²) in [5, 5.41) is 98.8. The molecule has 1 saturated heterocycles. The summed E-state index contributed by atoms with van der Waals surface area (Å²) in [7, 11) is 0. The molecule has 0 amide bonds. The van der Waals surface area contributed by atoms with Gasteiger partial charge in [-0.05, 0) is 6.42 Å². The number of rotatable bonds is 23. The molecular weight excluding hydrogens is 1040 g/mol. The van der Waals surface area contributed by atoms with Crippen molar-refractivity contribution >= 4 is 65.7 Å². The van der Waals surface area contributed by atoms with E-state index in [0.717, 1.165) is 51.4 Å². The summed E-state index contributed by atoms with van der Waals surface area (Å²) in [6.45, 7) is -13.7. The number of hydrogen-bond donors (Lipinski definition) is 10. The average molecular weight is 1110 g/mol. The minimum absolute atomic E-state index is 0.0858. The van der Waals surface area contributed by atoms with Gasteiger partial charge in [0.2, 0.25) is 54.9 Å². The zero-order valence-corrected chi connectivity index (χ0v) is 41.2. The first-order chi connectivity index (χ1) is 36.2. The number of ether oxygens (including phenoxy) is 11. The van der Waals surface area contributed by atoms with E-state index in [1.165, 1.54) is 0 Å². The average Bonchev–Trinajstić information content (AvgIpc) is 3.41. The predicted molar refractivity (Wildman–Crippen MR) is 236 cm³/mol. The van der Waals surface area contributed by atoms with E-state index >= 15 is 0 Å². The third kappa shape index (κ3) is 22.5. The Labute approximate surface area is 431 Å². The Morgan fingerprint density at radius 2 is 0.579 bits per heavy atom. The van der Waals surface area contributed by atoms with E-state index in [1.54, 1.807) is 0 Å². The van der Waals surface area contributed by atoms with Gasteiger partial charge in [-0.2, -0.15) is 0 Å². The topological polar surface area (TPSA) is 492 Å². The van der Waals surface area contributed by atoms with Crippen LogP contribution >= 0.6 is 0 Å². The number of carbonyl (C=O) groups excluding carboxylic acids is 11. The molecule has 0 aliphatic carbocycles. The summed E-state index contributed by atoms with van der Waals surface area (Å²) >= 11 is 0. The smallest absolute Gasteiger partial charge is 0.396 e. The van der Waals surface area contributed by atoms with Crippen LogP contribution in [-0.4, -0.2) is 244 Å². The van der Waals surface area contributed by atoms with Gasteiger partial charge in [0.15, 0.2) is 0 Å². The van der Waals surface area contributed by atoms with Gasteiger partial charge in [0.1, 0.15) is 6.61 Å². The number of aliphatic hydroxyl groups excluding tert-OH is 10. The Morgan fingerprint density at radius 3 is 0.816 bits per heavy atom. The maximum atomic E-state index is 13.8. The fourth-order valence-electron chi connectivity index (χ4n) is 6.02. The van der Waals surface area contributed by atoms with Gasteiger partial charge in [-0.3, -0.25) is 4.79 Å². The summed E-state index contributed by atoms with van der Waals surface area (Å²) in [6, 6.07) is 0. The second-order valence-electron chi connectivity index (χ2n) is 16.0. The third-order valence-corrected chi connectivity index (χ3v) is 10.2. The van der Waals surface area contributed by atoms with Crippen LogP contribution in [0.5, 0.6) is 0 Å². The number of carbonyl (C=O) groups is 11. The molecule has 1 aliphatic rings. The quantitative estimate of drug-likeness (QED) is 0.0258. The first kappa shape index (κ1) is 67.8. The molecule has 0 aromatic heterocycles. The molecule has 0 bridgehead atoms. The molecule has 10 N–H and O–H groups in total. The third-order valence-electron chi connectivity index (χ3n) is 10.2. The van der Waals surface area contributed by atoms with Crippen molar-refractivity contribution in [2.45, 2.75) is 145 Å². The van der Waals surface area contributed by atoms with Gasteiger partial charge in [-0.15, -0.1) is 0 Å². The molecule has 1 rings (SSSR count). The molecule has 0 radical (unpaired) electrons. The van der Waals surface area contributed by atoms with Gasteiger partial charge in [-0.1, -0.05) is 71.1 Å². The Bertz CT molecular complexity index is 1880. The molecule has 434 valence electrons. The van der Waals surface area contributed by atoms with E-state index in [0.29, 0.717) is 12.8 Å². The molecular formula is C44H66O32. The van der Waals surface area contributed by atoms with Gasteiger partial charge < -0.3 is 103 Å². The normalized spacial score (nSPS) is 26.7. The van der Waals surface area contributed by atoms with Crippen LogP contribution in [0.4, 0.5) is 0 Å². The molecule has 32 nitrogen and oxygen atoms in total. The lowest BCUT2D eigenvalue weighted by molar-refractivity contribution is -0.256. The largest absolute Gasteiger partial charge is 0.445 e. The van der Waals surface area contributed by atoms with Crippen LogP contribution < -0.4 is 0 Å². The molecule has 0 aromatic rings. The summed E-state index contributed by atoms with van der Waals surface area (Å²) in [5.74, 6) is -24.7. The van der Waals surface area contributed by atoms with E-state index in [9.17, 15) is 104 Å². The van der Waals surface area contributed by atoms with Crippen molar-refractivity contribution in [2.75, 3.05) is 66.1 Å². The lowest BCUT2D eigenvalue weighted by atomic mass is 10.1. The second kappa shape index (κ2) is 36.7. The van der Waals surface area contributed by atoms with Crippen molar-refractivity contribution in [3.8, 4) is 0 Å². The van der Waals surface area contributed by atoms with Crippen molar-refractivity contribution in [3.63, 3.8) is 0 Å². The van der Waals surface area contributed by atoms with E-state index in [-0.39, 0.29) is 6.42 Å². The summed E-state index contributed by atoms with van der Waals surface area (Å²) in [6.07, 6.45) is -14.2. The Balaban J connectivity index is 3.71. The van der Waals surface area contributed by atoms with Crippen LogP contribution in [0.15, 0.2) is 0 Å². The highest BCUT2D eigenvalue weighted by atomic mass is 16.8. The summed E-state index contributed by atoms with van der Waals surface area (Å²) in [5.41, 5.74) is 0. The highest BCUT2D eigenvalue weighted by Crippen LogP contribution is 2.22. The lowest BCUT2D eigenvalue weighted by Gasteiger charge is -2.31. The van der Waals surface area contributed by atoms with Crippen LogP contribution in [0.3, 0.4) is 0 Å². The van der Waals surface area contributed by atoms with Crippen molar-refractivity contribution in [3.05, 3.63) is 0 Å². The molecule has 76 heavy (non-hydrogen) atoms. The Hall–Kier alpha value is -6.23. The number of hydrogen-bond acceptors (Lipinski definition) is 32. The fraction of sp³-hybridized carbons (Fsp3) is 0.750. The molecule has 1 aliphatic heterocycles. The van der Waals surface area contributed by atoms with Crippen LogP contribution in [0, 0.1) is 0 Å². The van der Waals surface area contributed by atoms with Crippen LogP contribution in [0.2, 0.25) is 0 Å². The van der Waals surface area contributed by atoms with Crippen molar-refractivity contribution in [2.24, 2.45) is 0 Å². The number of aliphatic hydroxyl groups is 10. The van der Waals surface area contributed by atoms with Crippen molar-refractivity contribution < 1.29 is 156 Å². The maximum absolute atomic E-state index is 13.8. The van der Waals surface area contributed by atoms with E-state index < -0.39 is 199 Å². The SMILES string of the molecule is CCCCCCCCCCCCCC(=O)OC1(CO)OC(=O)C(CO)OC(=O)C(CO)OC(=O)C(CO)OC(=O)C(CO)OC(=O)C(CO)OC(=O)C(CO)OC(=O)C(CO)OC(=O)C(CO)OC(=O)C(CO)OC1=O. The highest BCUT2D eigenvalue weighted by molar-refractivity contribution is 5.91. The molecule has 1 heterocycles. The second-order valence-corrected chi connectivity index (χ2v) is 16.0. The summed E-state index contributed by atoms with van der Waals surface area (Å²) < 4.78 is 52.2. The highest BCUT2D eigenvalue weighted by Gasteiger charge is 2.52. The Kier molecular flexibility index (Phi) is 32.7. The minimum Gasteiger partial charge on any atom is -0.445 e. The minimum atomic E-state index is -3.73. The van der Waals surface area contributed by atoms with Gasteiger partial charge in [-0.25, -0.2) is 47.9 Å². The zero-order valence-electron chi connectivity index (χ0n) is 41.2. The van der Waals surface area contributed by atoms with Gasteiger partial charge in [0.25, 0.3) is 0 Å². The molecule has 0 spiro atoms. The lowest BCUT2D eigenvalue weighted by Crippen LogP contribution is -2.55. The molecule has 32 heteroatoms. The fourth-order valence-corrected chi connectivity index (χ4v) is 6.02. The number of cyclic esters (lactones) is 10. The van der Waals surface area contributed by atoms with Crippen LogP contribution in [0.25, 0.3) is 0 Å². The molecule has 0 saturated carbocycles. The van der Waals surface area contributed by atoms with Crippen molar-refractivity contribution in [1.29, 1.82) is 0 Å². The molecule has 0 aromatic carbocycles. The Morgan fingerprint density at radius 1 is 0.355 bits per heavy atom. The van der Waals surface area contributed by atoms with Gasteiger partial charge in [0.05, 0.1) is 59.5 Å². The van der Waals surface area contributed by atoms with Gasteiger partial charge in [0, 0.05) is 6.42 Å². The first-order valence-electron chi connectivity index (χ1n) is 23.6. The monoisotopic (exact) mass is 1110 g/mol. The predicted octanol–water partition coefficient (Wildman–Crippen LogP) is -6.39. The van der Waals surface area contributed by atoms with Gasteiger partial charge >= 0.3 is 71.4 Å². The van der Waals surface area contributed by atoms with Crippen molar-refractivity contribution in [1.82, 2.24) is 0 Å². The van der Waals surface area contributed by atoms with E-state index in [2.05, 4.69) is 35.3 Å². The van der Waals surface area contributed by atoms with E-state index in [1.807, 2.05) is 0 Å². The zero-order chi connectivity index (χ0) is 57.4. The standard InChI is InChI=1S/C44H66O32/c1-2-3-4-5-6-7-8-9-10-11-12-13-33(55)75-44(23-54)43(65)74-31(21-52)41(63)72-29(19-50)39(61)70-27(17-48)37(59)68-25(15-46)35(57)66-24(14-45)34(56)67-26(16-47)36(58)69-28(18-49)38(60)71-30(20-51)40(62)73-32(22-53)42(64)76-44/h24-32,45-54H,2-23H2,1H3. The molecule has 10 unspecified atom stereocenters. The first-order valence-corrected chi connectivity index (χ1v) is 23.6. The van der Waals surface area contributed by atoms with Crippen LogP contribution in [-0.2, 0) is 105 Å². The van der Waals surface area contributed by atoms with Crippen LogP contribution in [0.1, 0.15) is 84.0 Å². The molecule has 1 fully saturated rings. The molecule has 10 atom stereocenters. The number of unbranched alkanes of at least 4 members (excludes halogenated alkanes) is 10. The summed E-state index contributed by atoms with van der Waals surface area (Å²) in [4.78, 5) is 144.